The molecule has 1 aliphatic carbocycles. The van der Waals surface area contributed by atoms with Crippen molar-refractivity contribution in [1.29, 1.82) is 0 Å². The lowest BCUT2D eigenvalue weighted by atomic mass is 9.95. The summed E-state index contributed by atoms with van der Waals surface area (Å²) >= 11 is 6.41. The van der Waals surface area contributed by atoms with E-state index in [2.05, 4.69) is 16.3 Å². The number of carbonyl (C=O) groups is 2. The first-order valence-corrected chi connectivity index (χ1v) is 12.2. The molecule has 0 atom stereocenters. The van der Waals surface area contributed by atoms with Gasteiger partial charge in [0.05, 0.1) is 23.5 Å². The Hall–Kier alpha value is -2.64. The Morgan fingerprint density at radius 1 is 1.21 bits per heavy atom. The number of hydrogen-bond donors (Lipinski definition) is 1. The van der Waals surface area contributed by atoms with Crippen LogP contribution in [-0.2, 0) is 17.8 Å². The number of halogens is 1. The topological polar surface area (TPSA) is 74.8 Å². The molecule has 0 radical (unpaired) electrons. The van der Waals surface area contributed by atoms with Crippen LogP contribution in [0.5, 0.6) is 0 Å². The van der Waals surface area contributed by atoms with Crippen LogP contribution in [0, 0.1) is 0 Å². The molecule has 2 aliphatic rings. The van der Waals surface area contributed by atoms with Crippen molar-refractivity contribution in [3.05, 3.63) is 51.7 Å². The molecule has 0 unspecified atom stereocenters. The van der Waals surface area contributed by atoms with Crippen molar-refractivity contribution < 1.29 is 14.3 Å². The molecule has 1 aromatic carbocycles. The van der Waals surface area contributed by atoms with E-state index in [-0.39, 0.29) is 6.54 Å². The summed E-state index contributed by atoms with van der Waals surface area (Å²) in [5.41, 5.74) is 3.23. The minimum atomic E-state index is -0.704. The van der Waals surface area contributed by atoms with Gasteiger partial charge >= 0.3 is 6.09 Å². The first-order valence-electron chi connectivity index (χ1n) is 11.8. The lowest BCUT2D eigenvalue weighted by molar-refractivity contribution is 0.0248. The number of ether oxygens (including phenoxy) is 1. The highest BCUT2D eigenvalue weighted by atomic mass is 35.5. The van der Waals surface area contributed by atoms with Crippen LogP contribution in [0.25, 0.3) is 0 Å². The van der Waals surface area contributed by atoms with E-state index in [4.69, 9.17) is 21.3 Å². The van der Waals surface area contributed by atoms with Gasteiger partial charge in [0.25, 0.3) is 5.91 Å². The molecule has 1 fully saturated rings. The van der Waals surface area contributed by atoms with Crippen molar-refractivity contribution in [3.63, 3.8) is 0 Å². The van der Waals surface area contributed by atoms with Crippen molar-refractivity contribution >= 4 is 35.1 Å². The molecule has 1 N–H and O–H groups in total. The second-order valence-electron chi connectivity index (χ2n) is 10.4. The fourth-order valence-corrected chi connectivity index (χ4v) is 4.93. The molecule has 1 aliphatic heterocycles. The number of anilines is 2. The van der Waals surface area contributed by atoms with Gasteiger partial charge in [-0.25, -0.2) is 14.7 Å². The maximum Gasteiger partial charge on any atom is 0.417 e. The normalized spacial score (nSPS) is 16.3. The van der Waals surface area contributed by atoms with Gasteiger partial charge in [0.2, 0.25) is 0 Å². The Morgan fingerprint density at radius 3 is 2.56 bits per heavy atom. The molecular weight excluding hydrogens is 452 g/mol. The van der Waals surface area contributed by atoms with Gasteiger partial charge < -0.3 is 15.0 Å². The second kappa shape index (κ2) is 9.55. The molecule has 2 heterocycles. The van der Waals surface area contributed by atoms with Gasteiger partial charge in [0, 0.05) is 17.1 Å². The summed E-state index contributed by atoms with van der Waals surface area (Å²) in [5, 5.41) is 3.76. The number of rotatable bonds is 5. The van der Waals surface area contributed by atoms with Crippen molar-refractivity contribution in [2.45, 2.75) is 71.1 Å². The zero-order valence-electron chi connectivity index (χ0n) is 20.6. The molecule has 4 rings (SSSR count). The SMILES string of the molecule is CN(C)Cc1nc(Nc2ccc(Cl)c3c2C(=O)N(C(=O)OC(C)(C)C)C3)ccc1C1CCCC1. The van der Waals surface area contributed by atoms with Gasteiger partial charge in [-0.15, -0.1) is 0 Å². The Kier molecular flexibility index (Phi) is 6.87. The van der Waals surface area contributed by atoms with Gasteiger partial charge in [-0.1, -0.05) is 30.5 Å². The molecule has 2 aromatic rings. The third-order valence-electron chi connectivity index (χ3n) is 6.18. The van der Waals surface area contributed by atoms with Crippen LogP contribution in [0.4, 0.5) is 16.3 Å². The van der Waals surface area contributed by atoms with E-state index in [0.29, 0.717) is 33.6 Å². The van der Waals surface area contributed by atoms with E-state index in [1.165, 1.54) is 31.2 Å². The van der Waals surface area contributed by atoms with Crippen LogP contribution in [-0.4, -0.2) is 46.5 Å². The van der Waals surface area contributed by atoms with E-state index in [0.717, 1.165) is 17.1 Å². The van der Waals surface area contributed by atoms with E-state index in [9.17, 15) is 9.59 Å². The highest BCUT2D eigenvalue weighted by molar-refractivity contribution is 6.32. The standard InChI is InChI=1S/C26H33ClN4O3/c1-26(2,3)34-25(33)31-14-18-19(27)11-12-20(23(18)24(31)32)28-22-13-10-17(16-8-6-7-9-16)21(29-22)15-30(4)5/h10-13,16H,6-9,14-15H2,1-5H3,(H,28,29). The van der Waals surface area contributed by atoms with Crippen LogP contribution in [0.2, 0.25) is 5.02 Å². The highest BCUT2D eigenvalue weighted by Crippen LogP contribution is 2.38. The third-order valence-corrected chi connectivity index (χ3v) is 6.53. The minimum Gasteiger partial charge on any atom is -0.443 e. The molecule has 0 spiro atoms. The quantitative estimate of drug-likeness (QED) is 0.553. The summed E-state index contributed by atoms with van der Waals surface area (Å²) in [6, 6.07) is 7.63. The van der Waals surface area contributed by atoms with E-state index in [1.54, 1.807) is 32.9 Å². The summed E-state index contributed by atoms with van der Waals surface area (Å²) in [5.74, 6) is 0.789. The van der Waals surface area contributed by atoms with Crippen molar-refractivity contribution in [1.82, 2.24) is 14.8 Å². The first-order chi connectivity index (χ1) is 16.0. The lowest BCUT2D eigenvalue weighted by Crippen LogP contribution is -2.37. The molecule has 0 bridgehead atoms. The number of benzene rings is 1. The fraction of sp³-hybridized carbons (Fsp3) is 0.500. The van der Waals surface area contributed by atoms with E-state index >= 15 is 0 Å². The van der Waals surface area contributed by atoms with Crippen LogP contribution >= 0.6 is 11.6 Å². The van der Waals surface area contributed by atoms with E-state index < -0.39 is 17.6 Å². The van der Waals surface area contributed by atoms with Crippen LogP contribution in [0.15, 0.2) is 24.3 Å². The largest absolute Gasteiger partial charge is 0.443 e. The van der Waals surface area contributed by atoms with Crippen molar-refractivity contribution in [3.8, 4) is 0 Å². The van der Waals surface area contributed by atoms with Gasteiger partial charge in [-0.2, -0.15) is 0 Å². The smallest absolute Gasteiger partial charge is 0.417 e. The second-order valence-corrected chi connectivity index (χ2v) is 10.8. The minimum absolute atomic E-state index is 0.0807. The number of amides is 2. The van der Waals surface area contributed by atoms with Crippen LogP contribution in [0.3, 0.4) is 0 Å². The Morgan fingerprint density at radius 2 is 1.91 bits per heavy atom. The predicted octanol–water partition coefficient (Wildman–Crippen LogP) is 6.09. The zero-order chi connectivity index (χ0) is 24.6. The Labute approximate surface area is 206 Å². The fourth-order valence-electron chi connectivity index (χ4n) is 4.71. The number of imide groups is 1. The third kappa shape index (κ3) is 5.20. The number of nitrogens with zero attached hydrogens (tertiary/aromatic N) is 3. The molecule has 182 valence electrons. The van der Waals surface area contributed by atoms with Gasteiger partial charge in [0.15, 0.2) is 0 Å². The average molecular weight is 485 g/mol. The summed E-state index contributed by atoms with van der Waals surface area (Å²) in [4.78, 5) is 34.0. The Balaban J connectivity index is 1.63. The number of nitrogens with one attached hydrogen (secondary N) is 1. The maximum absolute atomic E-state index is 13.2. The van der Waals surface area contributed by atoms with E-state index in [1.807, 2.05) is 20.2 Å². The number of pyridine rings is 1. The number of aromatic nitrogens is 1. The van der Waals surface area contributed by atoms with Gasteiger partial charge in [-0.3, -0.25) is 4.79 Å². The maximum atomic E-state index is 13.2. The number of fused-ring (bicyclic) bond motifs is 1. The van der Waals surface area contributed by atoms with Crippen molar-refractivity contribution in [2.75, 3.05) is 19.4 Å². The summed E-state index contributed by atoms with van der Waals surface area (Å²) in [7, 11) is 4.08. The molecule has 34 heavy (non-hydrogen) atoms. The predicted molar refractivity (Wildman–Crippen MR) is 134 cm³/mol. The molecule has 1 aromatic heterocycles. The van der Waals surface area contributed by atoms with Gasteiger partial charge in [0.1, 0.15) is 11.4 Å². The molecule has 1 saturated carbocycles. The van der Waals surface area contributed by atoms with Crippen molar-refractivity contribution in [2.24, 2.45) is 0 Å². The van der Waals surface area contributed by atoms with Gasteiger partial charge in [-0.05, 0) is 77.4 Å². The highest BCUT2D eigenvalue weighted by Gasteiger charge is 2.38. The number of carbonyl (C=O) groups excluding carboxylic acids is 2. The lowest BCUT2D eigenvalue weighted by Gasteiger charge is -2.23. The molecule has 0 saturated heterocycles. The summed E-state index contributed by atoms with van der Waals surface area (Å²) < 4.78 is 5.42. The Bertz CT molecular complexity index is 1100. The molecule has 8 heteroatoms. The average Bonchev–Trinajstić information content (AvgIpc) is 3.38. The van der Waals surface area contributed by atoms with Crippen LogP contribution < -0.4 is 5.32 Å². The summed E-state index contributed by atoms with van der Waals surface area (Å²) in [6.45, 7) is 6.13. The molecule has 2 amide bonds. The first kappa shape index (κ1) is 24.5. The molecular formula is C26H33ClN4O3. The number of hydrogen-bond acceptors (Lipinski definition) is 6. The summed E-state index contributed by atoms with van der Waals surface area (Å²) in [6.07, 6.45) is 4.25. The van der Waals surface area contributed by atoms with Crippen LogP contribution in [0.1, 0.15) is 79.6 Å². The zero-order valence-corrected chi connectivity index (χ0v) is 21.3. The molecule has 7 nitrogen and oxygen atoms in total. The monoisotopic (exact) mass is 484 g/mol.